The van der Waals surface area contributed by atoms with Crippen molar-refractivity contribution in [1.29, 1.82) is 0 Å². The quantitative estimate of drug-likeness (QED) is 0.912. The molecular formula is C14H15NO3S. The van der Waals surface area contributed by atoms with Gasteiger partial charge >= 0.3 is 5.97 Å². The van der Waals surface area contributed by atoms with Gasteiger partial charge in [0, 0.05) is 11.3 Å². The van der Waals surface area contributed by atoms with E-state index < -0.39 is 5.97 Å². The van der Waals surface area contributed by atoms with Crippen LogP contribution in [0.2, 0.25) is 0 Å². The summed E-state index contributed by atoms with van der Waals surface area (Å²) in [5.41, 5.74) is 2.08. The van der Waals surface area contributed by atoms with E-state index in [9.17, 15) is 4.79 Å². The molecule has 19 heavy (non-hydrogen) atoms. The minimum Gasteiger partial charge on any atom is -0.497 e. The second-order valence-electron chi connectivity index (χ2n) is 4.21. The molecule has 0 aliphatic carbocycles. The normalized spacial score (nSPS) is 10.4. The monoisotopic (exact) mass is 277 g/mol. The molecule has 2 rings (SSSR count). The van der Waals surface area contributed by atoms with E-state index in [4.69, 9.17) is 9.84 Å². The van der Waals surface area contributed by atoms with Crippen molar-refractivity contribution in [3.8, 4) is 5.75 Å². The molecule has 1 aromatic heterocycles. The van der Waals surface area contributed by atoms with Crippen LogP contribution in [0.15, 0.2) is 24.3 Å². The summed E-state index contributed by atoms with van der Waals surface area (Å²) in [5, 5.41) is 9.43. The smallest absolute Gasteiger partial charge is 0.310 e. The molecule has 5 heteroatoms. The number of ether oxygens (including phenoxy) is 1. The Morgan fingerprint density at radius 3 is 2.63 bits per heavy atom. The van der Waals surface area contributed by atoms with Crippen LogP contribution in [-0.2, 0) is 17.6 Å². The SMILES string of the molecule is COc1ccc(Cc2sc(CC(=O)O)nc2C)cc1. The lowest BCUT2D eigenvalue weighted by Crippen LogP contribution is -1.98. The molecule has 0 radical (unpaired) electrons. The Morgan fingerprint density at radius 1 is 1.37 bits per heavy atom. The fourth-order valence-corrected chi connectivity index (χ4v) is 2.88. The maximum Gasteiger partial charge on any atom is 0.310 e. The number of methoxy groups -OCH3 is 1. The minimum atomic E-state index is -0.843. The Morgan fingerprint density at radius 2 is 2.05 bits per heavy atom. The van der Waals surface area contributed by atoms with Crippen molar-refractivity contribution in [1.82, 2.24) is 4.98 Å². The third kappa shape index (κ3) is 3.54. The Kier molecular flexibility index (Phi) is 4.16. The van der Waals surface area contributed by atoms with Gasteiger partial charge in [-0.15, -0.1) is 11.3 Å². The number of hydrogen-bond acceptors (Lipinski definition) is 4. The lowest BCUT2D eigenvalue weighted by molar-refractivity contribution is -0.136. The zero-order chi connectivity index (χ0) is 13.8. The number of benzene rings is 1. The zero-order valence-corrected chi connectivity index (χ0v) is 11.7. The number of carboxylic acids is 1. The fraction of sp³-hybridized carbons (Fsp3) is 0.286. The molecule has 1 N–H and O–H groups in total. The second-order valence-corrected chi connectivity index (χ2v) is 5.38. The molecule has 0 unspecified atom stereocenters. The Bertz CT molecular complexity index is 575. The molecule has 0 aliphatic rings. The van der Waals surface area contributed by atoms with Crippen LogP contribution in [0.1, 0.15) is 21.1 Å². The van der Waals surface area contributed by atoms with Crippen LogP contribution in [0.4, 0.5) is 0 Å². The van der Waals surface area contributed by atoms with E-state index in [0.717, 1.165) is 28.3 Å². The highest BCUT2D eigenvalue weighted by Crippen LogP contribution is 2.23. The van der Waals surface area contributed by atoms with Crippen molar-refractivity contribution in [2.75, 3.05) is 7.11 Å². The number of aliphatic carboxylic acids is 1. The Balaban J connectivity index is 2.13. The lowest BCUT2D eigenvalue weighted by atomic mass is 10.1. The highest BCUT2D eigenvalue weighted by atomic mass is 32.1. The Hall–Kier alpha value is -1.88. The van der Waals surface area contributed by atoms with Crippen molar-refractivity contribution in [2.24, 2.45) is 0 Å². The molecule has 0 fully saturated rings. The van der Waals surface area contributed by atoms with Crippen molar-refractivity contribution in [3.05, 3.63) is 45.4 Å². The largest absolute Gasteiger partial charge is 0.497 e. The number of aromatic nitrogens is 1. The Labute approximate surface area is 115 Å². The first-order valence-corrected chi connectivity index (χ1v) is 6.70. The van der Waals surface area contributed by atoms with Crippen LogP contribution in [-0.4, -0.2) is 23.2 Å². The molecule has 100 valence electrons. The first-order chi connectivity index (χ1) is 9.08. The third-order valence-corrected chi connectivity index (χ3v) is 3.92. The van der Waals surface area contributed by atoms with Crippen LogP contribution in [0.3, 0.4) is 0 Å². The average molecular weight is 277 g/mol. The molecule has 0 bridgehead atoms. The van der Waals surface area contributed by atoms with Gasteiger partial charge in [-0.1, -0.05) is 12.1 Å². The molecule has 0 saturated carbocycles. The van der Waals surface area contributed by atoms with Crippen LogP contribution >= 0.6 is 11.3 Å². The van der Waals surface area contributed by atoms with Crippen LogP contribution in [0.5, 0.6) is 5.75 Å². The number of nitrogens with zero attached hydrogens (tertiary/aromatic N) is 1. The molecule has 0 aliphatic heterocycles. The molecular weight excluding hydrogens is 262 g/mol. The standard InChI is InChI=1S/C14H15NO3S/c1-9-12(19-13(15-9)8-14(16)17)7-10-3-5-11(18-2)6-4-10/h3-6H,7-8H2,1-2H3,(H,16,17). The van der Waals surface area contributed by atoms with Gasteiger partial charge in [-0.3, -0.25) is 4.79 Å². The van der Waals surface area contributed by atoms with E-state index in [1.165, 1.54) is 11.3 Å². The molecule has 0 amide bonds. The molecule has 0 saturated heterocycles. The minimum absolute atomic E-state index is 0.00583. The van der Waals surface area contributed by atoms with Gasteiger partial charge in [0.05, 0.1) is 19.2 Å². The second kappa shape index (κ2) is 5.84. The molecule has 0 atom stereocenters. The first kappa shape index (κ1) is 13.5. The van der Waals surface area contributed by atoms with Gasteiger partial charge in [0.1, 0.15) is 10.8 Å². The molecule has 0 spiro atoms. The lowest BCUT2D eigenvalue weighted by Gasteiger charge is -2.02. The van der Waals surface area contributed by atoms with Gasteiger partial charge in [0.2, 0.25) is 0 Å². The summed E-state index contributed by atoms with van der Waals surface area (Å²) in [6, 6.07) is 7.86. The van der Waals surface area contributed by atoms with Crippen LogP contribution in [0, 0.1) is 6.92 Å². The van der Waals surface area contributed by atoms with Gasteiger partial charge in [-0.05, 0) is 24.6 Å². The van der Waals surface area contributed by atoms with Crippen molar-refractivity contribution in [2.45, 2.75) is 19.8 Å². The van der Waals surface area contributed by atoms with Gasteiger partial charge in [-0.25, -0.2) is 4.98 Å². The van der Waals surface area contributed by atoms with E-state index in [2.05, 4.69) is 4.98 Å². The number of aryl methyl sites for hydroxylation is 1. The zero-order valence-electron chi connectivity index (χ0n) is 10.8. The summed E-state index contributed by atoms with van der Waals surface area (Å²) in [4.78, 5) is 16.1. The van der Waals surface area contributed by atoms with Crippen molar-refractivity contribution in [3.63, 3.8) is 0 Å². The highest BCUT2D eigenvalue weighted by molar-refractivity contribution is 7.11. The van der Waals surface area contributed by atoms with Crippen molar-refractivity contribution < 1.29 is 14.6 Å². The number of carbonyl (C=O) groups is 1. The average Bonchev–Trinajstić information content (AvgIpc) is 2.69. The highest BCUT2D eigenvalue weighted by Gasteiger charge is 2.11. The van der Waals surface area contributed by atoms with E-state index in [1.54, 1.807) is 7.11 Å². The maximum atomic E-state index is 10.7. The fourth-order valence-electron chi connectivity index (χ4n) is 1.79. The summed E-state index contributed by atoms with van der Waals surface area (Å²) in [6.07, 6.45) is 0.765. The number of rotatable bonds is 5. The molecule has 2 aromatic rings. The molecule has 1 heterocycles. The summed E-state index contributed by atoms with van der Waals surface area (Å²) in [5.74, 6) is -0.0129. The van der Waals surface area contributed by atoms with E-state index in [-0.39, 0.29) is 6.42 Å². The van der Waals surface area contributed by atoms with Crippen LogP contribution < -0.4 is 4.74 Å². The van der Waals surface area contributed by atoms with Crippen LogP contribution in [0.25, 0.3) is 0 Å². The molecule has 1 aromatic carbocycles. The summed E-state index contributed by atoms with van der Waals surface area (Å²) < 4.78 is 5.12. The predicted octanol–water partition coefficient (Wildman–Crippen LogP) is 2.68. The third-order valence-electron chi connectivity index (χ3n) is 2.76. The predicted molar refractivity (Wildman–Crippen MR) is 74.0 cm³/mol. The summed E-state index contributed by atoms with van der Waals surface area (Å²) in [6.45, 7) is 1.92. The van der Waals surface area contributed by atoms with E-state index in [0.29, 0.717) is 5.01 Å². The van der Waals surface area contributed by atoms with Gasteiger partial charge in [-0.2, -0.15) is 0 Å². The maximum absolute atomic E-state index is 10.7. The number of carboxylic acid groups (broad SMARTS) is 1. The number of thiazole rings is 1. The number of hydrogen-bond donors (Lipinski definition) is 1. The summed E-state index contributed by atoms with van der Waals surface area (Å²) >= 11 is 1.47. The topological polar surface area (TPSA) is 59.4 Å². The van der Waals surface area contributed by atoms with Gasteiger partial charge in [0.15, 0.2) is 0 Å². The van der Waals surface area contributed by atoms with E-state index >= 15 is 0 Å². The molecule has 4 nitrogen and oxygen atoms in total. The van der Waals surface area contributed by atoms with Crippen molar-refractivity contribution >= 4 is 17.3 Å². The van der Waals surface area contributed by atoms with Gasteiger partial charge < -0.3 is 9.84 Å². The first-order valence-electron chi connectivity index (χ1n) is 5.88. The summed E-state index contributed by atoms with van der Waals surface area (Å²) in [7, 11) is 1.64. The van der Waals surface area contributed by atoms with Gasteiger partial charge in [0.25, 0.3) is 0 Å². The van der Waals surface area contributed by atoms with E-state index in [1.807, 2.05) is 31.2 Å².